The minimum Gasteiger partial charge on any atom is -0.480 e. The van der Waals surface area contributed by atoms with Crippen LogP contribution in [0.2, 0.25) is 0 Å². The number of carbonyl (C=O) groups is 1. The third-order valence-corrected chi connectivity index (χ3v) is 3.47. The van der Waals surface area contributed by atoms with E-state index < -0.39 is 0 Å². The SMILES string of the molecule is O=C(NCC#CCOc1cccc2ccccc12)C1CC1. The zero-order valence-electron chi connectivity index (χ0n) is 11.8. The van der Waals surface area contributed by atoms with E-state index in [0.717, 1.165) is 29.4 Å². The van der Waals surface area contributed by atoms with Gasteiger partial charge in [-0.3, -0.25) is 4.79 Å². The molecule has 0 radical (unpaired) electrons. The number of hydrogen-bond donors (Lipinski definition) is 1. The standard InChI is InChI=1S/C18H17NO2/c20-18(15-10-11-15)19-12-3-4-13-21-17-9-5-7-14-6-1-2-8-16(14)17/h1-2,5-9,15H,10-13H2,(H,19,20). The highest BCUT2D eigenvalue weighted by Gasteiger charge is 2.28. The van der Waals surface area contributed by atoms with E-state index in [1.54, 1.807) is 0 Å². The first-order valence-corrected chi connectivity index (χ1v) is 7.18. The molecule has 0 aromatic heterocycles. The van der Waals surface area contributed by atoms with Gasteiger partial charge in [0.15, 0.2) is 0 Å². The second-order valence-corrected chi connectivity index (χ2v) is 5.11. The number of ether oxygens (including phenoxy) is 1. The van der Waals surface area contributed by atoms with E-state index in [9.17, 15) is 4.79 Å². The molecule has 1 fully saturated rings. The Bertz CT molecular complexity index is 702. The Balaban J connectivity index is 1.51. The summed E-state index contributed by atoms with van der Waals surface area (Å²) in [4.78, 5) is 11.4. The lowest BCUT2D eigenvalue weighted by Gasteiger charge is -2.06. The normalized spacial score (nSPS) is 13.3. The van der Waals surface area contributed by atoms with Gasteiger partial charge in [-0.1, -0.05) is 48.2 Å². The molecule has 1 N–H and O–H groups in total. The quantitative estimate of drug-likeness (QED) is 0.874. The van der Waals surface area contributed by atoms with Crippen LogP contribution in [0.25, 0.3) is 10.8 Å². The summed E-state index contributed by atoms with van der Waals surface area (Å²) in [5, 5.41) is 5.04. The fourth-order valence-corrected chi connectivity index (χ4v) is 2.17. The van der Waals surface area contributed by atoms with Gasteiger partial charge in [0, 0.05) is 11.3 Å². The van der Waals surface area contributed by atoms with E-state index >= 15 is 0 Å². The summed E-state index contributed by atoms with van der Waals surface area (Å²) in [6.07, 6.45) is 2.03. The molecule has 0 spiro atoms. The molecule has 3 heteroatoms. The highest BCUT2D eigenvalue weighted by molar-refractivity contribution is 5.88. The Labute approximate surface area is 124 Å². The van der Waals surface area contributed by atoms with Crippen molar-refractivity contribution in [2.45, 2.75) is 12.8 Å². The first-order chi connectivity index (χ1) is 10.3. The van der Waals surface area contributed by atoms with E-state index in [-0.39, 0.29) is 11.8 Å². The number of hydrogen-bond acceptors (Lipinski definition) is 2. The summed E-state index contributed by atoms with van der Waals surface area (Å²) >= 11 is 0. The van der Waals surface area contributed by atoms with Crippen molar-refractivity contribution in [1.29, 1.82) is 0 Å². The van der Waals surface area contributed by atoms with Crippen LogP contribution in [0.5, 0.6) is 5.75 Å². The smallest absolute Gasteiger partial charge is 0.223 e. The average molecular weight is 279 g/mol. The highest BCUT2D eigenvalue weighted by Crippen LogP contribution is 2.28. The van der Waals surface area contributed by atoms with Gasteiger partial charge in [0.05, 0.1) is 6.54 Å². The number of carbonyl (C=O) groups excluding carboxylic acids is 1. The third kappa shape index (κ3) is 3.55. The molecule has 0 aliphatic heterocycles. The van der Waals surface area contributed by atoms with Crippen LogP contribution in [-0.4, -0.2) is 19.1 Å². The summed E-state index contributed by atoms with van der Waals surface area (Å²) in [5.74, 6) is 7.03. The molecule has 1 aliphatic carbocycles. The summed E-state index contributed by atoms with van der Waals surface area (Å²) in [6, 6.07) is 14.1. The van der Waals surface area contributed by atoms with Crippen LogP contribution in [0, 0.1) is 17.8 Å². The zero-order valence-corrected chi connectivity index (χ0v) is 11.8. The van der Waals surface area contributed by atoms with E-state index in [2.05, 4.69) is 29.3 Å². The van der Waals surface area contributed by atoms with Crippen molar-refractivity contribution < 1.29 is 9.53 Å². The van der Waals surface area contributed by atoms with Crippen LogP contribution < -0.4 is 10.1 Å². The second kappa shape index (κ2) is 6.32. The minimum absolute atomic E-state index is 0.124. The van der Waals surface area contributed by atoms with Gasteiger partial charge >= 0.3 is 0 Å². The highest BCUT2D eigenvalue weighted by atomic mass is 16.5. The van der Waals surface area contributed by atoms with Gasteiger partial charge < -0.3 is 10.1 Å². The molecular weight excluding hydrogens is 262 g/mol. The summed E-state index contributed by atoms with van der Waals surface area (Å²) in [6.45, 7) is 0.724. The molecule has 1 saturated carbocycles. The molecule has 2 aromatic rings. The number of rotatable bonds is 4. The first kappa shape index (κ1) is 13.5. The van der Waals surface area contributed by atoms with E-state index in [1.165, 1.54) is 0 Å². The van der Waals surface area contributed by atoms with Crippen LogP contribution >= 0.6 is 0 Å². The molecule has 1 amide bonds. The molecular formula is C18H17NO2. The van der Waals surface area contributed by atoms with Crippen molar-refractivity contribution >= 4 is 16.7 Å². The van der Waals surface area contributed by atoms with Gasteiger partial charge in [0.25, 0.3) is 0 Å². The first-order valence-electron chi connectivity index (χ1n) is 7.18. The summed E-state index contributed by atoms with van der Waals surface area (Å²) < 4.78 is 5.70. The van der Waals surface area contributed by atoms with Crippen molar-refractivity contribution in [3.05, 3.63) is 42.5 Å². The Morgan fingerprint density at radius 3 is 2.81 bits per heavy atom. The predicted octanol–water partition coefficient (Wildman–Crippen LogP) is 2.75. The zero-order chi connectivity index (χ0) is 14.5. The van der Waals surface area contributed by atoms with Crippen molar-refractivity contribution in [1.82, 2.24) is 5.32 Å². The van der Waals surface area contributed by atoms with Gasteiger partial charge in [0.1, 0.15) is 12.4 Å². The van der Waals surface area contributed by atoms with Crippen LogP contribution in [0.15, 0.2) is 42.5 Å². The predicted molar refractivity (Wildman–Crippen MR) is 83.0 cm³/mol. The number of fused-ring (bicyclic) bond motifs is 1. The Morgan fingerprint density at radius 2 is 1.95 bits per heavy atom. The Morgan fingerprint density at radius 1 is 1.14 bits per heavy atom. The molecule has 1 aliphatic rings. The van der Waals surface area contributed by atoms with Gasteiger partial charge in [0.2, 0.25) is 5.91 Å². The molecule has 106 valence electrons. The maximum absolute atomic E-state index is 11.4. The van der Waals surface area contributed by atoms with Crippen LogP contribution in [0.3, 0.4) is 0 Å². The molecule has 21 heavy (non-hydrogen) atoms. The van der Waals surface area contributed by atoms with Crippen molar-refractivity contribution in [3.8, 4) is 17.6 Å². The summed E-state index contributed by atoms with van der Waals surface area (Å²) in [7, 11) is 0. The number of amides is 1. The molecule has 3 nitrogen and oxygen atoms in total. The molecule has 3 rings (SSSR count). The Kier molecular flexibility index (Phi) is 4.07. The van der Waals surface area contributed by atoms with Crippen molar-refractivity contribution in [2.24, 2.45) is 5.92 Å². The average Bonchev–Trinajstić information content (AvgIpc) is 3.35. The fourth-order valence-electron chi connectivity index (χ4n) is 2.17. The lowest BCUT2D eigenvalue weighted by molar-refractivity contribution is -0.122. The van der Waals surface area contributed by atoms with Gasteiger partial charge in [-0.15, -0.1) is 0 Å². The topological polar surface area (TPSA) is 38.3 Å². The van der Waals surface area contributed by atoms with E-state index in [0.29, 0.717) is 13.2 Å². The van der Waals surface area contributed by atoms with Gasteiger partial charge in [-0.05, 0) is 24.3 Å². The molecule has 0 bridgehead atoms. The third-order valence-electron chi connectivity index (χ3n) is 3.47. The van der Waals surface area contributed by atoms with E-state index in [4.69, 9.17) is 4.74 Å². The minimum atomic E-state index is 0.124. The fraction of sp³-hybridized carbons (Fsp3) is 0.278. The lowest BCUT2D eigenvalue weighted by atomic mass is 10.1. The van der Waals surface area contributed by atoms with E-state index in [1.807, 2.05) is 30.3 Å². The molecule has 0 heterocycles. The maximum atomic E-state index is 11.4. The molecule has 0 saturated heterocycles. The maximum Gasteiger partial charge on any atom is 0.223 e. The molecule has 0 unspecified atom stereocenters. The van der Waals surface area contributed by atoms with Crippen LogP contribution in [0.1, 0.15) is 12.8 Å². The summed E-state index contributed by atoms with van der Waals surface area (Å²) in [5.41, 5.74) is 0. The second-order valence-electron chi connectivity index (χ2n) is 5.11. The number of benzene rings is 2. The van der Waals surface area contributed by atoms with Crippen LogP contribution in [-0.2, 0) is 4.79 Å². The largest absolute Gasteiger partial charge is 0.480 e. The van der Waals surface area contributed by atoms with Gasteiger partial charge in [-0.2, -0.15) is 0 Å². The number of nitrogens with one attached hydrogen (secondary N) is 1. The molecule has 2 aromatic carbocycles. The van der Waals surface area contributed by atoms with Crippen molar-refractivity contribution in [2.75, 3.05) is 13.2 Å². The monoisotopic (exact) mass is 279 g/mol. The van der Waals surface area contributed by atoms with Crippen LogP contribution in [0.4, 0.5) is 0 Å². The van der Waals surface area contributed by atoms with Gasteiger partial charge in [-0.25, -0.2) is 0 Å². The molecule has 0 atom stereocenters. The lowest BCUT2D eigenvalue weighted by Crippen LogP contribution is -2.24. The Hall–Kier alpha value is -2.47. The van der Waals surface area contributed by atoms with Crippen molar-refractivity contribution in [3.63, 3.8) is 0 Å².